The second kappa shape index (κ2) is 13.3. The van der Waals surface area contributed by atoms with Crippen molar-refractivity contribution in [3.63, 3.8) is 0 Å². The molecule has 264 valence electrons. The standard InChI is InChI=1S/C41H65NO5/c1-27(2)28-19-22-41(36(47)42-25-15-13-11-9-8-10-12-14-16-33(44)45)24-23-39(6)29(34(28)41)17-18-32-38(5)26-30(43)35(46)37(3,4)31(38)20-21-40(32,39)7/h26,28-29,31-32,34,43H,1,8-25H2,2-7H3,(H,42,47)(H,44,45)/t28-,29+,31-,32+,34+,38-,39+,40+,41-/m0/s1. The summed E-state index contributed by atoms with van der Waals surface area (Å²) in [5.41, 5.74) is 0.282. The molecule has 0 radical (unpaired) electrons. The van der Waals surface area contributed by atoms with Crippen LogP contribution in [0.5, 0.6) is 0 Å². The average Bonchev–Trinajstić information content (AvgIpc) is 3.40. The highest BCUT2D eigenvalue weighted by Crippen LogP contribution is 2.77. The molecular weight excluding hydrogens is 586 g/mol. The number of aliphatic carboxylic acids is 1. The smallest absolute Gasteiger partial charge is 0.303 e. The highest BCUT2D eigenvalue weighted by molar-refractivity contribution is 5.98. The van der Waals surface area contributed by atoms with Gasteiger partial charge in [0.25, 0.3) is 0 Å². The Labute approximate surface area is 285 Å². The van der Waals surface area contributed by atoms with Crippen LogP contribution in [0.2, 0.25) is 0 Å². The summed E-state index contributed by atoms with van der Waals surface area (Å²) in [5, 5.41) is 23.2. The Morgan fingerprint density at radius 3 is 2.11 bits per heavy atom. The van der Waals surface area contributed by atoms with Crippen LogP contribution in [0, 0.1) is 56.7 Å². The van der Waals surface area contributed by atoms with E-state index in [-0.39, 0.29) is 51.4 Å². The van der Waals surface area contributed by atoms with Crippen molar-refractivity contribution >= 4 is 17.7 Å². The third kappa shape index (κ3) is 5.94. The van der Waals surface area contributed by atoms with Crippen molar-refractivity contribution in [2.45, 2.75) is 151 Å². The zero-order chi connectivity index (χ0) is 34.4. The van der Waals surface area contributed by atoms with E-state index in [1.165, 1.54) is 18.4 Å². The average molecular weight is 652 g/mol. The molecule has 0 aromatic heterocycles. The van der Waals surface area contributed by atoms with Crippen LogP contribution in [0.15, 0.2) is 24.0 Å². The van der Waals surface area contributed by atoms with Crippen molar-refractivity contribution in [3.8, 4) is 0 Å². The van der Waals surface area contributed by atoms with Gasteiger partial charge in [0.05, 0.1) is 5.41 Å². The number of Topliss-reactive ketones (excluding diaryl/α,β-unsaturated/α-hetero) is 1. The monoisotopic (exact) mass is 651 g/mol. The zero-order valence-corrected chi connectivity index (χ0v) is 30.5. The summed E-state index contributed by atoms with van der Waals surface area (Å²) in [4.78, 5) is 38.1. The van der Waals surface area contributed by atoms with E-state index in [1.54, 1.807) is 0 Å². The number of unbranched alkanes of at least 4 members (excludes halogenated alkanes) is 7. The molecule has 0 aliphatic heterocycles. The number of carbonyl (C=O) groups excluding carboxylic acids is 2. The highest BCUT2D eigenvalue weighted by Gasteiger charge is 2.71. The molecule has 5 aliphatic rings. The first-order chi connectivity index (χ1) is 22.1. The number of allylic oxidation sites excluding steroid dienone is 3. The minimum atomic E-state index is -0.700. The summed E-state index contributed by atoms with van der Waals surface area (Å²) in [6.45, 7) is 18.9. The van der Waals surface area contributed by atoms with Crippen LogP contribution in [0.1, 0.15) is 151 Å². The van der Waals surface area contributed by atoms with Gasteiger partial charge in [0.2, 0.25) is 11.7 Å². The van der Waals surface area contributed by atoms with Gasteiger partial charge in [-0.25, -0.2) is 0 Å². The van der Waals surface area contributed by atoms with E-state index >= 15 is 0 Å². The number of carboxylic acids is 1. The predicted octanol–water partition coefficient (Wildman–Crippen LogP) is 9.59. The Bertz CT molecular complexity index is 1270. The molecule has 0 unspecified atom stereocenters. The van der Waals surface area contributed by atoms with Gasteiger partial charge in [0.1, 0.15) is 0 Å². The van der Waals surface area contributed by atoms with Gasteiger partial charge < -0.3 is 15.5 Å². The molecule has 9 atom stereocenters. The van der Waals surface area contributed by atoms with Crippen LogP contribution in [0.4, 0.5) is 0 Å². The number of aliphatic hydroxyl groups excluding tert-OH is 1. The van der Waals surface area contributed by atoms with Crippen LogP contribution in [-0.4, -0.2) is 34.4 Å². The number of hydrogen-bond acceptors (Lipinski definition) is 4. The number of fused-ring (bicyclic) bond motifs is 7. The molecule has 4 saturated carbocycles. The van der Waals surface area contributed by atoms with Gasteiger partial charge in [-0.3, -0.25) is 14.4 Å². The van der Waals surface area contributed by atoms with Gasteiger partial charge in [-0.1, -0.05) is 85.3 Å². The molecule has 0 bridgehead atoms. The molecule has 0 saturated heterocycles. The second-order valence-electron chi connectivity index (χ2n) is 18.0. The maximum absolute atomic E-state index is 14.3. The van der Waals surface area contributed by atoms with Crippen LogP contribution >= 0.6 is 0 Å². The van der Waals surface area contributed by atoms with Gasteiger partial charge in [0.15, 0.2) is 5.76 Å². The third-order valence-electron chi connectivity index (χ3n) is 15.4. The van der Waals surface area contributed by atoms with E-state index in [2.05, 4.69) is 53.4 Å². The van der Waals surface area contributed by atoms with Gasteiger partial charge in [-0.15, -0.1) is 0 Å². The molecular formula is C41H65NO5. The quantitative estimate of drug-likeness (QED) is 0.136. The van der Waals surface area contributed by atoms with E-state index in [0.717, 1.165) is 96.4 Å². The minimum absolute atomic E-state index is 0.0317. The normalized spacial score (nSPS) is 40.3. The summed E-state index contributed by atoms with van der Waals surface area (Å²) < 4.78 is 0. The molecule has 4 fully saturated rings. The van der Waals surface area contributed by atoms with Crippen molar-refractivity contribution in [2.75, 3.05) is 6.54 Å². The second-order valence-corrected chi connectivity index (χ2v) is 18.0. The maximum atomic E-state index is 14.3. The van der Waals surface area contributed by atoms with Crippen molar-refractivity contribution in [1.82, 2.24) is 5.32 Å². The lowest BCUT2D eigenvalue weighted by atomic mass is 9.33. The van der Waals surface area contributed by atoms with E-state index in [0.29, 0.717) is 23.7 Å². The Kier molecular flexibility index (Phi) is 10.2. The molecule has 6 nitrogen and oxygen atoms in total. The summed E-state index contributed by atoms with van der Waals surface area (Å²) in [5.74, 6) is 1.22. The summed E-state index contributed by atoms with van der Waals surface area (Å²) in [7, 11) is 0. The minimum Gasteiger partial charge on any atom is -0.505 e. The topological polar surface area (TPSA) is 104 Å². The van der Waals surface area contributed by atoms with Gasteiger partial charge in [0, 0.05) is 18.4 Å². The largest absolute Gasteiger partial charge is 0.505 e. The van der Waals surface area contributed by atoms with E-state index in [4.69, 9.17) is 5.11 Å². The molecule has 0 spiro atoms. The number of carboxylic acid groups (broad SMARTS) is 1. The van der Waals surface area contributed by atoms with Crippen molar-refractivity contribution in [3.05, 3.63) is 24.0 Å². The Morgan fingerprint density at radius 1 is 0.830 bits per heavy atom. The molecule has 0 heterocycles. The van der Waals surface area contributed by atoms with Crippen molar-refractivity contribution < 1.29 is 24.6 Å². The lowest BCUT2D eigenvalue weighted by Gasteiger charge is -2.71. The van der Waals surface area contributed by atoms with Gasteiger partial charge in [-0.2, -0.15) is 0 Å². The molecule has 0 aromatic rings. The zero-order valence-electron chi connectivity index (χ0n) is 30.5. The molecule has 1 amide bonds. The van der Waals surface area contributed by atoms with E-state index in [9.17, 15) is 19.5 Å². The van der Waals surface area contributed by atoms with E-state index in [1.807, 2.05) is 6.08 Å². The Balaban J connectivity index is 1.27. The molecule has 47 heavy (non-hydrogen) atoms. The molecule has 6 heteroatoms. The van der Waals surface area contributed by atoms with Crippen LogP contribution in [-0.2, 0) is 14.4 Å². The number of nitrogens with one attached hydrogen (secondary N) is 1. The number of rotatable bonds is 13. The van der Waals surface area contributed by atoms with Gasteiger partial charge in [-0.05, 0) is 123 Å². The van der Waals surface area contributed by atoms with E-state index < -0.39 is 11.4 Å². The molecule has 3 N–H and O–H groups in total. The predicted molar refractivity (Wildman–Crippen MR) is 188 cm³/mol. The fraction of sp³-hybridized carbons (Fsp3) is 0.829. The first-order valence-corrected chi connectivity index (χ1v) is 19.2. The third-order valence-corrected chi connectivity index (χ3v) is 15.4. The number of hydrogen-bond donors (Lipinski definition) is 3. The Morgan fingerprint density at radius 2 is 1.47 bits per heavy atom. The fourth-order valence-electron chi connectivity index (χ4n) is 12.9. The first-order valence-electron chi connectivity index (χ1n) is 19.2. The van der Waals surface area contributed by atoms with Crippen molar-refractivity contribution in [2.24, 2.45) is 56.7 Å². The van der Waals surface area contributed by atoms with Gasteiger partial charge >= 0.3 is 5.97 Å². The number of carbonyl (C=O) groups is 3. The van der Waals surface area contributed by atoms with Crippen LogP contribution in [0.3, 0.4) is 0 Å². The lowest BCUT2D eigenvalue weighted by Crippen LogP contribution is -2.66. The summed E-state index contributed by atoms with van der Waals surface area (Å²) >= 11 is 0. The lowest BCUT2D eigenvalue weighted by molar-refractivity contribution is -0.219. The summed E-state index contributed by atoms with van der Waals surface area (Å²) in [6.07, 6.45) is 19.0. The van der Waals surface area contributed by atoms with Crippen LogP contribution < -0.4 is 5.32 Å². The molecule has 5 rings (SSSR count). The van der Waals surface area contributed by atoms with Crippen LogP contribution in [0.25, 0.3) is 0 Å². The fourth-order valence-corrected chi connectivity index (χ4v) is 12.9. The Hall–Kier alpha value is -2.11. The number of aliphatic hydroxyl groups is 1. The maximum Gasteiger partial charge on any atom is 0.303 e. The van der Waals surface area contributed by atoms with Crippen molar-refractivity contribution in [1.29, 1.82) is 0 Å². The highest BCUT2D eigenvalue weighted by atomic mass is 16.4. The summed E-state index contributed by atoms with van der Waals surface area (Å²) in [6, 6.07) is 0. The number of amides is 1. The first kappa shape index (κ1) is 36.2. The number of ketones is 1. The molecule has 5 aliphatic carbocycles. The SMILES string of the molecule is C=C(C)[C@@H]1CC[C@]2(C(=O)NCCCCCCCCCCC(=O)O)CC[C@]3(C)[C@H](CC[C@@H]4[C@@]5(C)C=C(O)C(=O)C(C)(C)[C@@H]5CC[C@]43C)[C@@H]12. The molecule has 0 aromatic carbocycles.